The van der Waals surface area contributed by atoms with Crippen LogP contribution in [0.1, 0.15) is 45.4 Å². The van der Waals surface area contributed by atoms with Gasteiger partial charge in [-0.05, 0) is 61.6 Å². The van der Waals surface area contributed by atoms with Gasteiger partial charge in [-0.1, -0.05) is 6.07 Å². The zero-order valence-electron chi connectivity index (χ0n) is 18.5. The minimum atomic E-state index is -5.87. The molecule has 1 aromatic heterocycles. The Morgan fingerprint density at radius 2 is 1.68 bits per heavy atom. The molecule has 1 aliphatic heterocycles. The van der Waals surface area contributed by atoms with Crippen LogP contribution in [0.15, 0.2) is 16.6 Å². The topological polar surface area (TPSA) is 85.2 Å². The van der Waals surface area contributed by atoms with Crippen LogP contribution < -0.4 is 10.2 Å². The van der Waals surface area contributed by atoms with Crippen LogP contribution in [-0.2, 0) is 19.5 Å². The summed E-state index contributed by atoms with van der Waals surface area (Å²) >= 11 is 3.39. The zero-order valence-corrected chi connectivity index (χ0v) is 21.8. The van der Waals surface area contributed by atoms with Crippen molar-refractivity contribution in [2.24, 2.45) is 0 Å². The summed E-state index contributed by atoms with van der Waals surface area (Å²) in [5, 5.41) is 0.131. The molecule has 0 unspecified atom stereocenters. The molecule has 2 N–H and O–H groups in total. The van der Waals surface area contributed by atoms with Gasteiger partial charge in [0.1, 0.15) is 10.6 Å². The molecular formula is C19H22BBrF5O6PS. The van der Waals surface area contributed by atoms with E-state index in [2.05, 4.69) is 15.9 Å². The first kappa shape index (κ1) is 27.8. The third-order valence-electron chi connectivity index (χ3n) is 5.74. The molecule has 0 atom stereocenters. The SMILES string of the molecule is CC1(C)OB(c2cc(OCCCC(F)(F)F)c3sc(C(F)(F)P(=O)(O)O)c(Br)c3c2)OC1(C)C. The summed E-state index contributed by atoms with van der Waals surface area (Å²) in [5.41, 5.74) is -5.61. The number of benzene rings is 1. The smallest absolute Gasteiger partial charge is 0.492 e. The average molecular weight is 595 g/mol. The van der Waals surface area contributed by atoms with Crippen molar-refractivity contribution in [3.63, 3.8) is 0 Å². The molecule has 3 rings (SSSR count). The number of halogens is 6. The highest BCUT2D eigenvalue weighted by atomic mass is 79.9. The Bertz CT molecular complexity index is 1120. The van der Waals surface area contributed by atoms with Gasteiger partial charge in [0.05, 0.1) is 22.5 Å². The van der Waals surface area contributed by atoms with E-state index in [1.165, 1.54) is 12.1 Å². The highest BCUT2D eigenvalue weighted by Crippen LogP contribution is 2.63. The first-order chi connectivity index (χ1) is 15.3. The van der Waals surface area contributed by atoms with Crippen molar-refractivity contribution in [3.8, 4) is 5.75 Å². The highest BCUT2D eigenvalue weighted by Gasteiger charge is 2.54. The second-order valence-electron chi connectivity index (χ2n) is 8.88. The van der Waals surface area contributed by atoms with Gasteiger partial charge in [-0.25, -0.2) is 0 Å². The van der Waals surface area contributed by atoms with Crippen molar-refractivity contribution in [1.82, 2.24) is 0 Å². The average Bonchev–Trinajstić information content (AvgIpc) is 3.10. The van der Waals surface area contributed by atoms with Gasteiger partial charge in [-0.2, -0.15) is 22.0 Å². The maximum Gasteiger partial charge on any atom is 0.494 e. The molecule has 0 aliphatic carbocycles. The molecule has 0 radical (unpaired) electrons. The lowest BCUT2D eigenvalue weighted by molar-refractivity contribution is -0.136. The predicted octanol–water partition coefficient (Wildman–Crippen LogP) is 5.91. The quantitative estimate of drug-likeness (QED) is 0.179. The predicted molar refractivity (Wildman–Crippen MR) is 122 cm³/mol. The lowest BCUT2D eigenvalue weighted by Gasteiger charge is -2.32. The van der Waals surface area contributed by atoms with Crippen molar-refractivity contribution < 1.29 is 50.3 Å². The van der Waals surface area contributed by atoms with E-state index in [0.29, 0.717) is 16.8 Å². The van der Waals surface area contributed by atoms with Crippen molar-refractivity contribution in [3.05, 3.63) is 21.5 Å². The van der Waals surface area contributed by atoms with Crippen molar-refractivity contribution in [2.45, 2.75) is 63.6 Å². The van der Waals surface area contributed by atoms with Gasteiger partial charge in [-0.3, -0.25) is 4.57 Å². The number of thiophene rings is 1. The number of fused-ring (bicyclic) bond motifs is 1. The largest absolute Gasteiger partial charge is 0.494 e. The second-order valence-corrected chi connectivity index (χ2v) is 12.3. The summed E-state index contributed by atoms with van der Waals surface area (Å²) in [7, 11) is -6.81. The molecule has 0 bridgehead atoms. The molecule has 2 aromatic rings. The Hall–Kier alpha value is -0.755. The van der Waals surface area contributed by atoms with Crippen LogP contribution in [-0.4, -0.2) is 40.9 Å². The Kier molecular flexibility index (Phi) is 7.34. The Balaban J connectivity index is 2.09. The molecule has 0 amide bonds. The van der Waals surface area contributed by atoms with Crippen molar-refractivity contribution in [2.75, 3.05) is 6.61 Å². The maximum atomic E-state index is 14.5. The fraction of sp³-hybridized carbons (Fsp3) is 0.579. The maximum absolute atomic E-state index is 14.5. The third kappa shape index (κ3) is 5.33. The van der Waals surface area contributed by atoms with E-state index in [1.54, 1.807) is 27.7 Å². The van der Waals surface area contributed by atoms with Crippen LogP contribution in [0.25, 0.3) is 10.1 Å². The van der Waals surface area contributed by atoms with Crippen LogP contribution in [0.5, 0.6) is 5.75 Å². The molecule has 0 saturated carbocycles. The van der Waals surface area contributed by atoms with Gasteiger partial charge < -0.3 is 23.8 Å². The number of rotatable bonds is 7. The van der Waals surface area contributed by atoms with Crippen molar-refractivity contribution >= 4 is 57.5 Å². The van der Waals surface area contributed by atoms with E-state index < -0.39 is 49.1 Å². The molecule has 1 saturated heterocycles. The molecule has 0 spiro atoms. The summed E-state index contributed by atoms with van der Waals surface area (Å²) in [4.78, 5) is 17.4. The number of ether oxygens (including phenoxy) is 1. The van der Waals surface area contributed by atoms with E-state index in [9.17, 15) is 36.3 Å². The van der Waals surface area contributed by atoms with E-state index in [1.807, 2.05) is 0 Å². The fourth-order valence-corrected chi connectivity index (χ4v) is 6.14. The number of hydrogen-bond acceptors (Lipinski definition) is 5. The third-order valence-corrected chi connectivity index (χ3v) is 9.23. The lowest BCUT2D eigenvalue weighted by atomic mass is 9.78. The van der Waals surface area contributed by atoms with Gasteiger partial charge >= 0.3 is 26.6 Å². The second kappa shape index (κ2) is 8.97. The van der Waals surface area contributed by atoms with E-state index in [4.69, 9.17) is 14.0 Å². The summed E-state index contributed by atoms with van der Waals surface area (Å²) in [5.74, 6) is -0.0251. The summed E-state index contributed by atoms with van der Waals surface area (Å²) in [6.45, 7) is 6.86. The van der Waals surface area contributed by atoms with E-state index >= 15 is 0 Å². The van der Waals surface area contributed by atoms with Crippen LogP contribution in [0.2, 0.25) is 0 Å². The molecular weight excluding hydrogens is 573 g/mol. The minimum absolute atomic E-state index is 0.0251. The zero-order chi connectivity index (χ0) is 25.9. The minimum Gasteiger partial charge on any atom is -0.492 e. The highest BCUT2D eigenvalue weighted by molar-refractivity contribution is 9.10. The number of hydrogen-bond donors (Lipinski definition) is 2. The van der Waals surface area contributed by atoms with Gasteiger partial charge in [0, 0.05) is 16.3 Å². The molecule has 15 heteroatoms. The van der Waals surface area contributed by atoms with Gasteiger partial charge in [0.2, 0.25) is 0 Å². The molecule has 6 nitrogen and oxygen atoms in total. The van der Waals surface area contributed by atoms with Crippen LogP contribution >= 0.6 is 34.9 Å². The number of alkyl halides is 5. The first-order valence-electron chi connectivity index (χ1n) is 10.0. The van der Waals surface area contributed by atoms with Gasteiger partial charge in [-0.15, -0.1) is 11.3 Å². The van der Waals surface area contributed by atoms with Gasteiger partial charge in [0.25, 0.3) is 0 Å². The van der Waals surface area contributed by atoms with Crippen molar-refractivity contribution in [1.29, 1.82) is 0 Å². The standard InChI is InChI=1S/C19H22BBrF5O6PS/c1-16(2)17(3,4)32-20(31-16)10-8-11-13(21)15(19(25,26)33(27,28)29)34-14(11)12(9-10)30-7-5-6-18(22,23)24/h8-9H,5-7H2,1-4H3,(H2,27,28,29). The van der Waals surface area contributed by atoms with Gasteiger partial charge in [0.15, 0.2) is 0 Å². The van der Waals surface area contributed by atoms with E-state index in [-0.39, 0.29) is 33.3 Å². The summed E-state index contributed by atoms with van der Waals surface area (Å²) < 4.78 is 95.3. The first-order valence-corrected chi connectivity index (χ1v) is 13.2. The summed E-state index contributed by atoms with van der Waals surface area (Å²) in [6.07, 6.45) is -5.85. The Morgan fingerprint density at radius 1 is 1.12 bits per heavy atom. The normalized spacial score (nSPS) is 18.6. The molecule has 1 fully saturated rings. The Labute approximate surface area is 205 Å². The van der Waals surface area contributed by atoms with Crippen LogP contribution in [0.4, 0.5) is 22.0 Å². The summed E-state index contributed by atoms with van der Waals surface area (Å²) in [6, 6.07) is 2.88. The fourth-order valence-electron chi connectivity index (χ4n) is 3.16. The van der Waals surface area contributed by atoms with Crippen LogP contribution in [0.3, 0.4) is 0 Å². The monoisotopic (exact) mass is 594 g/mol. The van der Waals surface area contributed by atoms with E-state index in [0.717, 1.165) is 0 Å². The molecule has 1 aliphatic rings. The molecule has 190 valence electrons. The Morgan fingerprint density at radius 3 is 2.18 bits per heavy atom. The molecule has 34 heavy (non-hydrogen) atoms. The molecule has 2 heterocycles. The lowest BCUT2D eigenvalue weighted by Crippen LogP contribution is -2.41. The van der Waals surface area contributed by atoms with Crippen LogP contribution in [0, 0.1) is 0 Å². The molecule has 1 aromatic carbocycles.